The number of rotatable bonds is 6. The van der Waals surface area contributed by atoms with E-state index >= 15 is 0 Å². The van der Waals surface area contributed by atoms with Gasteiger partial charge in [-0.15, -0.1) is 0 Å². The van der Waals surface area contributed by atoms with Crippen LogP contribution in [-0.4, -0.2) is 60.5 Å². The molecular formula is C35H45F3N4O4S. The van der Waals surface area contributed by atoms with Gasteiger partial charge in [0.15, 0.2) is 0 Å². The van der Waals surface area contributed by atoms with Crippen LogP contribution in [0, 0.1) is 0 Å². The van der Waals surface area contributed by atoms with Crippen molar-refractivity contribution in [3.05, 3.63) is 47.5 Å². The van der Waals surface area contributed by atoms with E-state index in [1.165, 1.54) is 22.2 Å². The van der Waals surface area contributed by atoms with Crippen LogP contribution in [0.4, 0.5) is 39.8 Å². The molecule has 0 spiro atoms. The van der Waals surface area contributed by atoms with Gasteiger partial charge in [-0.3, -0.25) is 0 Å². The molecule has 47 heavy (non-hydrogen) atoms. The normalized spacial score (nSPS) is 17.5. The number of benzene rings is 2. The third-order valence-corrected chi connectivity index (χ3v) is 9.16. The lowest BCUT2D eigenvalue weighted by Gasteiger charge is -2.37. The van der Waals surface area contributed by atoms with Gasteiger partial charge in [-0.25, -0.2) is 14.5 Å². The molecule has 0 atom stereocenters. The Morgan fingerprint density at radius 1 is 0.957 bits per heavy atom. The molecule has 0 saturated carbocycles. The summed E-state index contributed by atoms with van der Waals surface area (Å²) in [6.45, 7) is 13.2. The number of allylic oxidation sites excluding steroid dienone is 2. The quantitative estimate of drug-likeness (QED) is 0.316. The molecule has 8 nitrogen and oxygen atoms in total. The molecule has 12 heteroatoms. The van der Waals surface area contributed by atoms with Gasteiger partial charge in [-0.2, -0.15) is 13.2 Å². The van der Waals surface area contributed by atoms with Crippen LogP contribution < -0.4 is 15.5 Å². The van der Waals surface area contributed by atoms with Crippen LogP contribution in [0.25, 0.3) is 5.57 Å². The average Bonchev–Trinajstić information content (AvgIpc) is 3.49. The number of alkyl carbamates (subject to hydrolysis) is 1. The van der Waals surface area contributed by atoms with Crippen LogP contribution in [0.5, 0.6) is 0 Å². The monoisotopic (exact) mass is 674 g/mol. The molecule has 1 saturated heterocycles. The number of nitrogens with one attached hydrogen (secondary N) is 2. The molecule has 3 aliphatic rings. The van der Waals surface area contributed by atoms with Crippen molar-refractivity contribution < 1.29 is 32.2 Å². The van der Waals surface area contributed by atoms with Crippen molar-refractivity contribution in [1.82, 2.24) is 10.2 Å². The molecule has 256 valence electrons. The van der Waals surface area contributed by atoms with Gasteiger partial charge >= 0.3 is 18.4 Å². The molecule has 2 aliphatic heterocycles. The summed E-state index contributed by atoms with van der Waals surface area (Å²) in [6, 6.07) is 7.93. The zero-order valence-electron chi connectivity index (χ0n) is 28.0. The Kier molecular flexibility index (Phi) is 10.1. The smallest absolute Gasteiger partial charge is 0.419 e. The molecule has 0 aromatic heterocycles. The minimum Gasteiger partial charge on any atom is -0.444 e. The molecule has 0 radical (unpaired) electrons. The van der Waals surface area contributed by atoms with E-state index in [9.17, 15) is 22.8 Å². The number of fused-ring (bicyclic) bond motifs is 2. The zero-order chi connectivity index (χ0) is 34.1. The summed E-state index contributed by atoms with van der Waals surface area (Å²) >= 11 is 1.25. The SMILES string of the molecule is CC(C)(C)OC(=O)NCCN1CCC(Nc2cc(C(F)(F)F)cc3c2N(C(=O)OC(C)(C)C)c2ccc(C4=CCCC4)cc2S3)CC1. The van der Waals surface area contributed by atoms with Crippen molar-refractivity contribution in [2.24, 2.45) is 0 Å². The van der Waals surface area contributed by atoms with E-state index < -0.39 is 35.1 Å². The third-order valence-electron chi connectivity index (χ3n) is 8.08. The maximum atomic E-state index is 14.3. The number of hydrogen-bond acceptors (Lipinski definition) is 7. The number of amides is 2. The van der Waals surface area contributed by atoms with E-state index in [1.807, 2.05) is 18.2 Å². The van der Waals surface area contributed by atoms with Gasteiger partial charge in [-0.1, -0.05) is 23.9 Å². The van der Waals surface area contributed by atoms with Crippen molar-refractivity contribution in [3.8, 4) is 0 Å². The summed E-state index contributed by atoms with van der Waals surface area (Å²) in [7, 11) is 0. The second-order valence-electron chi connectivity index (χ2n) is 14.3. The number of nitrogens with zero attached hydrogens (tertiary/aromatic N) is 2. The second-order valence-corrected chi connectivity index (χ2v) is 15.4. The highest BCUT2D eigenvalue weighted by atomic mass is 32.2. The lowest BCUT2D eigenvalue weighted by atomic mass is 10.0. The van der Waals surface area contributed by atoms with Gasteiger partial charge in [0, 0.05) is 42.0 Å². The van der Waals surface area contributed by atoms with Crippen molar-refractivity contribution >= 4 is 46.6 Å². The van der Waals surface area contributed by atoms with Gasteiger partial charge in [0.2, 0.25) is 0 Å². The molecule has 2 N–H and O–H groups in total. The van der Waals surface area contributed by atoms with Crippen LogP contribution in [0.3, 0.4) is 0 Å². The molecule has 2 amide bonds. The molecule has 0 unspecified atom stereocenters. The van der Waals surface area contributed by atoms with Crippen molar-refractivity contribution in [3.63, 3.8) is 0 Å². The van der Waals surface area contributed by atoms with E-state index in [-0.39, 0.29) is 11.7 Å². The molecule has 2 aromatic carbocycles. The number of anilines is 3. The van der Waals surface area contributed by atoms with E-state index in [4.69, 9.17) is 9.47 Å². The average molecular weight is 675 g/mol. The maximum absolute atomic E-state index is 14.3. The minimum absolute atomic E-state index is 0.124. The van der Waals surface area contributed by atoms with Crippen LogP contribution in [-0.2, 0) is 15.7 Å². The van der Waals surface area contributed by atoms with E-state index in [1.54, 1.807) is 41.5 Å². The van der Waals surface area contributed by atoms with Gasteiger partial charge in [0.05, 0.1) is 22.6 Å². The Bertz CT molecular complexity index is 1520. The summed E-state index contributed by atoms with van der Waals surface area (Å²) < 4.78 is 54.0. The number of carbonyl (C=O) groups is 2. The van der Waals surface area contributed by atoms with Gasteiger partial charge in [0.1, 0.15) is 11.2 Å². The Morgan fingerprint density at radius 2 is 1.66 bits per heavy atom. The number of carbonyl (C=O) groups excluding carboxylic acids is 2. The number of halogens is 3. The summed E-state index contributed by atoms with van der Waals surface area (Å²) in [4.78, 5) is 30.5. The topological polar surface area (TPSA) is 83.1 Å². The van der Waals surface area contributed by atoms with E-state index in [0.29, 0.717) is 60.2 Å². The highest BCUT2D eigenvalue weighted by Gasteiger charge is 2.39. The Labute approximate surface area is 279 Å². The number of alkyl halides is 3. The lowest BCUT2D eigenvalue weighted by molar-refractivity contribution is -0.137. The summed E-state index contributed by atoms with van der Waals surface area (Å²) in [5.41, 5.74) is 1.23. The van der Waals surface area contributed by atoms with E-state index in [0.717, 1.165) is 37.0 Å². The zero-order valence-corrected chi connectivity index (χ0v) is 28.8. The molecular weight excluding hydrogens is 629 g/mol. The van der Waals surface area contributed by atoms with Gasteiger partial charge in [-0.05, 0) is 109 Å². The summed E-state index contributed by atoms with van der Waals surface area (Å²) in [6.07, 6.45) is 0.856. The summed E-state index contributed by atoms with van der Waals surface area (Å²) in [5, 5.41) is 6.16. The fourth-order valence-electron chi connectivity index (χ4n) is 5.99. The minimum atomic E-state index is -4.58. The molecule has 1 fully saturated rings. The number of likely N-dealkylation sites (tertiary alicyclic amines) is 1. The maximum Gasteiger partial charge on any atom is 0.419 e. The Hall–Kier alpha value is -3.38. The fraction of sp³-hybridized carbons (Fsp3) is 0.543. The highest BCUT2D eigenvalue weighted by molar-refractivity contribution is 7.99. The van der Waals surface area contributed by atoms with Crippen LogP contribution in [0.1, 0.15) is 84.8 Å². The molecule has 2 aromatic rings. The van der Waals surface area contributed by atoms with Gasteiger partial charge < -0.3 is 25.0 Å². The molecule has 1 aliphatic carbocycles. The third kappa shape index (κ3) is 8.95. The number of ether oxygens (including phenoxy) is 2. The van der Waals surface area contributed by atoms with Crippen molar-refractivity contribution in [1.29, 1.82) is 0 Å². The second kappa shape index (κ2) is 13.6. The van der Waals surface area contributed by atoms with E-state index in [2.05, 4.69) is 21.6 Å². The van der Waals surface area contributed by atoms with Gasteiger partial charge in [0.25, 0.3) is 0 Å². The molecule has 5 rings (SSSR count). The molecule has 0 bridgehead atoms. The molecule has 2 heterocycles. The first kappa shape index (κ1) is 34.9. The number of piperidine rings is 1. The van der Waals surface area contributed by atoms with Crippen LogP contribution >= 0.6 is 11.8 Å². The highest BCUT2D eigenvalue weighted by Crippen LogP contribution is 2.54. The Balaban J connectivity index is 1.40. The van der Waals surface area contributed by atoms with Crippen molar-refractivity contribution in [2.75, 3.05) is 36.4 Å². The first-order valence-corrected chi connectivity index (χ1v) is 17.0. The van der Waals surface area contributed by atoms with Crippen LogP contribution in [0.2, 0.25) is 0 Å². The first-order valence-electron chi connectivity index (χ1n) is 16.2. The number of hydrogen-bond donors (Lipinski definition) is 2. The Morgan fingerprint density at radius 3 is 2.28 bits per heavy atom. The standard InChI is InChI=1S/C35H45F3N4O4S/c1-33(2,3)45-31(43)39-15-18-41-16-13-25(14-17-41)40-26-20-24(35(36,37)38)21-29-30(26)42(32(44)46-34(4,5)6)27-12-11-23(19-28(27)47-29)22-9-7-8-10-22/h9,11-12,19-21,25,40H,7-8,10,13-18H2,1-6H3,(H,39,43). The fourth-order valence-corrected chi connectivity index (χ4v) is 7.16. The predicted molar refractivity (Wildman–Crippen MR) is 180 cm³/mol. The largest absolute Gasteiger partial charge is 0.444 e. The van der Waals surface area contributed by atoms with Crippen molar-refractivity contribution in [2.45, 2.75) is 107 Å². The predicted octanol–water partition coefficient (Wildman–Crippen LogP) is 9.21. The first-order chi connectivity index (χ1) is 22.0. The summed E-state index contributed by atoms with van der Waals surface area (Å²) in [5.74, 6) is 0. The van der Waals surface area contributed by atoms with Crippen LogP contribution in [0.15, 0.2) is 46.2 Å². The lowest BCUT2D eigenvalue weighted by Crippen LogP contribution is -2.43.